The molecule has 3 amide bonds. The number of nitrogens with one attached hydrogen (secondary N) is 3. The number of imidazole rings is 1. The van der Waals surface area contributed by atoms with Crippen molar-refractivity contribution in [3.8, 4) is 11.3 Å². The van der Waals surface area contributed by atoms with Crippen LogP contribution in [-0.2, 0) is 9.59 Å². The molecule has 11 heteroatoms. The average molecular weight is 559 g/mol. The molecule has 0 saturated carbocycles. The Kier molecular flexibility index (Phi) is 8.23. The van der Waals surface area contributed by atoms with Crippen molar-refractivity contribution in [3.05, 3.63) is 95.5 Å². The van der Waals surface area contributed by atoms with Gasteiger partial charge in [-0.3, -0.25) is 14.4 Å². The maximum Gasteiger partial charge on any atom is 0.274 e. The molecule has 1 aliphatic heterocycles. The molecule has 2 aromatic carbocycles. The quantitative estimate of drug-likeness (QED) is 0.281. The van der Waals surface area contributed by atoms with Crippen LogP contribution in [-0.4, -0.2) is 50.3 Å². The number of hydrogen-bond acceptors (Lipinski definition) is 6. The van der Waals surface area contributed by atoms with E-state index in [1.807, 2.05) is 30.3 Å². The van der Waals surface area contributed by atoms with Crippen molar-refractivity contribution in [2.24, 2.45) is 0 Å². The Hall–Kier alpha value is -4.80. The number of nitrogens with zero attached hydrogens (tertiary/aromatic N) is 3. The summed E-state index contributed by atoms with van der Waals surface area (Å²) in [6, 6.07) is 15.6. The molecule has 0 radical (unpaired) electrons. The van der Waals surface area contributed by atoms with Crippen LogP contribution in [0.3, 0.4) is 0 Å². The molecule has 0 spiro atoms. The zero-order valence-corrected chi connectivity index (χ0v) is 22.8. The van der Waals surface area contributed by atoms with Crippen LogP contribution < -0.4 is 10.6 Å². The topological polar surface area (TPSA) is 133 Å². The Bertz CT molecular complexity index is 1530. The van der Waals surface area contributed by atoms with Gasteiger partial charge >= 0.3 is 0 Å². The van der Waals surface area contributed by atoms with Crippen molar-refractivity contribution in [1.29, 1.82) is 0 Å². The van der Waals surface area contributed by atoms with Crippen molar-refractivity contribution in [3.63, 3.8) is 0 Å². The van der Waals surface area contributed by atoms with E-state index in [0.29, 0.717) is 29.4 Å². The van der Waals surface area contributed by atoms with Crippen LogP contribution in [0.25, 0.3) is 11.3 Å². The van der Waals surface area contributed by atoms with Crippen molar-refractivity contribution in [1.82, 2.24) is 30.7 Å². The lowest BCUT2D eigenvalue weighted by Crippen LogP contribution is -2.50. The molecule has 3 N–H and O–H groups in total. The van der Waals surface area contributed by atoms with Crippen LogP contribution in [0.15, 0.2) is 71.4 Å². The van der Waals surface area contributed by atoms with Gasteiger partial charge in [0.2, 0.25) is 11.8 Å². The molecular weight excluding hydrogens is 527 g/mol. The van der Waals surface area contributed by atoms with Crippen molar-refractivity contribution in [2.75, 3.05) is 6.54 Å². The van der Waals surface area contributed by atoms with Crippen LogP contribution in [0.1, 0.15) is 65.9 Å². The minimum Gasteiger partial charge on any atom is -0.361 e. The fourth-order valence-corrected chi connectivity index (χ4v) is 5.05. The van der Waals surface area contributed by atoms with Gasteiger partial charge < -0.3 is 25.0 Å². The minimum atomic E-state index is -1.19. The molecule has 3 atom stereocenters. The highest BCUT2D eigenvalue weighted by molar-refractivity contribution is 5.97. The summed E-state index contributed by atoms with van der Waals surface area (Å²) in [6.07, 6.45) is 2.90. The summed E-state index contributed by atoms with van der Waals surface area (Å²) in [5, 5.41) is 9.19. The Morgan fingerprint density at radius 3 is 2.61 bits per heavy atom. The van der Waals surface area contributed by atoms with Gasteiger partial charge in [-0.15, -0.1) is 0 Å². The smallest absolute Gasteiger partial charge is 0.274 e. The third-order valence-electron chi connectivity index (χ3n) is 7.15. The molecular formula is C30H31FN6O4. The first-order valence-corrected chi connectivity index (χ1v) is 13.5. The van der Waals surface area contributed by atoms with E-state index < -0.39 is 29.7 Å². The fraction of sp³-hybridized carbons (Fsp3) is 0.300. The highest BCUT2D eigenvalue weighted by atomic mass is 19.1. The van der Waals surface area contributed by atoms with Gasteiger partial charge in [-0.05, 0) is 44.4 Å². The molecule has 2 aromatic heterocycles. The van der Waals surface area contributed by atoms with Crippen LogP contribution in [0.5, 0.6) is 0 Å². The third kappa shape index (κ3) is 6.34. The number of amides is 3. The number of rotatable bonds is 9. The van der Waals surface area contributed by atoms with Crippen molar-refractivity contribution < 1.29 is 23.3 Å². The maximum absolute atomic E-state index is 14.2. The second-order valence-corrected chi connectivity index (χ2v) is 10.1. The van der Waals surface area contributed by atoms with Crippen LogP contribution in [0.2, 0.25) is 0 Å². The Morgan fingerprint density at radius 1 is 1.12 bits per heavy atom. The van der Waals surface area contributed by atoms with E-state index in [9.17, 15) is 18.8 Å². The van der Waals surface area contributed by atoms with E-state index in [4.69, 9.17) is 4.52 Å². The zero-order chi connectivity index (χ0) is 28.9. The summed E-state index contributed by atoms with van der Waals surface area (Å²) in [4.78, 5) is 49.0. The molecule has 10 nitrogen and oxygen atoms in total. The number of carbonyl (C=O) groups excluding carboxylic acids is 3. The van der Waals surface area contributed by atoms with Gasteiger partial charge in [-0.25, -0.2) is 9.37 Å². The SMILES string of the molecule is Cc1cc(C(=O)N[C@@H](CC(=O)N2CCC[C@H]2c2ccccc2)C(=O)N[C@@H](C)c2ncc(-c3ccccc3F)[nH]2)no1. The first-order valence-electron chi connectivity index (χ1n) is 13.5. The first-order chi connectivity index (χ1) is 19.8. The zero-order valence-electron chi connectivity index (χ0n) is 22.8. The van der Waals surface area contributed by atoms with Gasteiger partial charge in [-0.2, -0.15) is 0 Å². The van der Waals surface area contributed by atoms with Crippen molar-refractivity contribution in [2.45, 2.75) is 51.2 Å². The molecule has 1 saturated heterocycles. The molecule has 1 aliphatic rings. The number of aromatic amines is 1. The van der Waals surface area contributed by atoms with E-state index >= 15 is 0 Å². The molecule has 4 aromatic rings. The van der Waals surface area contributed by atoms with Crippen LogP contribution >= 0.6 is 0 Å². The Balaban J connectivity index is 1.32. The Morgan fingerprint density at radius 2 is 1.88 bits per heavy atom. The number of halogens is 1. The first kappa shape index (κ1) is 27.8. The molecule has 0 aliphatic carbocycles. The van der Waals surface area contributed by atoms with E-state index in [1.54, 1.807) is 36.9 Å². The number of H-pyrrole nitrogens is 1. The second kappa shape index (κ2) is 12.2. The standard InChI is InChI=1S/C30H31FN6O4/c1-18-15-24(36-41-18)30(40)35-23(16-27(38)37-14-8-13-26(37)20-9-4-3-5-10-20)29(39)33-19(2)28-32-17-25(34-28)21-11-6-7-12-22(21)31/h3-7,9-12,15,17,19,23,26H,8,13-14,16H2,1-2H3,(H,32,34)(H,33,39)(H,35,40)/t19-,23-,26-/m0/s1. The largest absolute Gasteiger partial charge is 0.361 e. The highest BCUT2D eigenvalue weighted by Crippen LogP contribution is 2.32. The van der Waals surface area contributed by atoms with Gasteiger partial charge in [-0.1, -0.05) is 47.6 Å². The molecule has 0 bridgehead atoms. The predicted molar refractivity (Wildman–Crippen MR) is 148 cm³/mol. The lowest BCUT2D eigenvalue weighted by molar-refractivity contribution is -0.135. The van der Waals surface area contributed by atoms with Crippen LogP contribution in [0, 0.1) is 12.7 Å². The van der Waals surface area contributed by atoms with E-state index in [0.717, 1.165) is 18.4 Å². The number of aromatic nitrogens is 3. The Labute approximate surface area is 236 Å². The molecule has 0 unspecified atom stereocenters. The summed E-state index contributed by atoms with van der Waals surface area (Å²) >= 11 is 0. The summed E-state index contributed by atoms with van der Waals surface area (Å²) < 4.78 is 19.2. The molecule has 41 heavy (non-hydrogen) atoms. The summed E-state index contributed by atoms with van der Waals surface area (Å²) in [6.45, 7) is 3.91. The number of aryl methyl sites for hydroxylation is 1. The minimum absolute atomic E-state index is 0.00435. The molecule has 212 valence electrons. The lowest BCUT2D eigenvalue weighted by Gasteiger charge is -2.27. The molecule has 3 heterocycles. The highest BCUT2D eigenvalue weighted by Gasteiger charge is 2.34. The van der Waals surface area contributed by atoms with E-state index in [-0.39, 0.29) is 24.1 Å². The normalized spacial score (nSPS) is 16.3. The summed E-state index contributed by atoms with van der Waals surface area (Å²) in [5.74, 6) is -1.03. The van der Waals surface area contributed by atoms with Gasteiger partial charge in [0, 0.05) is 18.2 Å². The molecule has 5 rings (SSSR count). The predicted octanol–water partition coefficient (Wildman–Crippen LogP) is 4.24. The third-order valence-corrected chi connectivity index (χ3v) is 7.15. The second-order valence-electron chi connectivity index (χ2n) is 10.1. The average Bonchev–Trinajstić information content (AvgIpc) is 3.74. The number of benzene rings is 2. The van der Waals surface area contributed by atoms with Crippen LogP contribution in [0.4, 0.5) is 4.39 Å². The van der Waals surface area contributed by atoms with Gasteiger partial charge in [0.1, 0.15) is 23.4 Å². The fourth-order valence-electron chi connectivity index (χ4n) is 5.05. The number of likely N-dealkylation sites (tertiary alicyclic amines) is 1. The monoisotopic (exact) mass is 558 g/mol. The maximum atomic E-state index is 14.2. The van der Waals surface area contributed by atoms with E-state index in [2.05, 4.69) is 25.8 Å². The molecule has 1 fully saturated rings. The van der Waals surface area contributed by atoms with Gasteiger partial charge in [0.25, 0.3) is 5.91 Å². The number of carbonyl (C=O) groups is 3. The van der Waals surface area contributed by atoms with Gasteiger partial charge in [0.05, 0.1) is 30.4 Å². The van der Waals surface area contributed by atoms with Crippen molar-refractivity contribution >= 4 is 17.7 Å². The van der Waals surface area contributed by atoms with Gasteiger partial charge in [0.15, 0.2) is 5.69 Å². The van der Waals surface area contributed by atoms with E-state index in [1.165, 1.54) is 18.3 Å². The summed E-state index contributed by atoms with van der Waals surface area (Å²) in [5.41, 5.74) is 1.84. The lowest BCUT2D eigenvalue weighted by atomic mass is 10.0. The summed E-state index contributed by atoms with van der Waals surface area (Å²) in [7, 11) is 0. The number of hydrogen-bond donors (Lipinski definition) is 3.